The summed E-state index contributed by atoms with van der Waals surface area (Å²) in [6.07, 6.45) is 66.7. The lowest BCUT2D eigenvalue weighted by Crippen LogP contribution is -2.30. The molecule has 0 amide bonds. The lowest BCUT2D eigenvalue weighted by Gasteiger charge is -2.21. The molecule has 636 valence electrons. The highest BCUT2D eigenvalue weighted by atomic mass is 31.2. The highest BCUT2D eigenvalue weighted by molar-refractivity contribution is 7.47. The molecule has 4 unspecified atom stereocenters. The number of aliphatic hydroxyl groups excluding tert-OH is 1. The molecular formula is C88H172O17P2. The maximum absolute atomic E-state index is 13.2. The van der Waals surface area contributed by atoms with Crippen LogP contribution in [0.2, 0.25) is 0 Å². The van der Waals surface area contributed by atoms with E-state index in [-0.39, 0.29) is 25.7 Å². The van der Waals surface area contributed by atoms with E-state index >= 15 is 0 Å². The van der Waals surface area contributed by atoms with Gasteiger partial charge in [-0.2, -0.15) is 0 Å². The zero-order valence-electron chi connectivity index (χ0n) is 70.8. The van der Waals surface area contributed by atoms with Gasteiger partial charge in [0.05, 0.1) is 26.4 Å². The highest BCUT2D eigenvalue weighted by Crippen LogP contribution is 2.45. The average molecular weight is 1560 g/mol. The Morgan fingerprint density at radius 1 is 0.262 bits per heavy atom. The molecular weight excluding hydrogens is 1390 g/mol. The summed E-state index contributed by atoms with van der Waals surface area (Å²) in [7, 11) is -9.93. The van der Waals surface area contributed by atoms with E-state index in [9.17, 15) is 43.2 Å². The smallest absolute Gasteiger partial charge is 0.462 e. The standard InChI is InChI=1S/C88H172O17P2/c1-9-80(7)66-58-50-42-36-30-24-18-13-11-12-14-19-25-32-38-44-54-62-70-87(92)104-83(74-98-85(90)68-60-52-43-37-31-27-21-23-29-35-41-49-57-65-79(5)6)76-102-106(94,95)100-72-82(89)73-101-107(96,97)103-77-84(75-99-86(91)69-61-53-47-46-51-59-67-81(8)10-2)105-88(93)71-63-55-45-39-33-26-20-16-15-17-22-28-34-40-48-56-64-78(3)4/h78-84,89H,9-77H2,1-8H3,(H,94,95)(H,96,97)/t80?,81?,82-,83-,84-/m1/s1. The molecule has 0 aromatic carbocycles. The van der Waals surface area contributed by atoms with Crippen LogP contribution < -0.4 is 0 Å². The van der Waals surface area contributed by atoms with Gasteiger partial charge in [-0.05, 0) is 49.4 Å². The van der Waals surface area contributed by atoms with Crippen molar-refractivity contribution in [3.8, 4) is 0 Å². The number of hydrogen-bond acceptors (Lipinski definition) is 15. The number of carbonyl (C=O) groups is 4. The summed E-state index contributed by atoms with van der Waals surface area (Å²) in [4.78, 5) is 73.3. The fourth-order valence-electron chi connectivity index (χ4n) is 13.6. The molecule has 0 heterocycles. The van der Waals surface area contributed by atoms with Crippen LogP contribution in [0, 0.1) is 23.7 Å². The quantitative estimate of drug-likeness (QED) is 0.0222. The molecule has 7 atom stereocenters. The van der Waals surface area contributed by atoms with Gasteiger partial charge >= 0.3 is 39.5 Å². The van der Waals surface area contributed by atoms with Crippen LogP contribution in [0.25, 0.3) is 0 Å². The Labute approximate surface area is 658 Å². The first kappa shape index (κ1) is 105. The molecule has 0 bridgehead atoms. The third-order valence-electron chi connectivity index (χ3n) is 21.3. The van der Waals surface area contributed by atoms with Crippen molar-refractivity contribution in [1.82, 2.24) is 0 Å². The first-order valence-electron chi connectivity index (χ1n) is 45.3. The van der Waals surface area contributed by atoms with Crippen LogP contribution in [-0.4, -0.2) is 96.7 Å². The van der Waals surface area contributed by atoms with E-state index in [2.05, 4.69) is 55.4 Å². The van der Waals surface area contributed by atoms with Crippen LogP contribution in [0.15, 0.2) is 0 Å². The van der Waals surface area contributed by atoms with Gasteiger partial charge in [0.25, 0.3) is 0 Å². The molecule has 19 heteroatoms. The van der Waals surface area contributed by atoms with Gasteiger partial charge < -0.3 is 33.8 Å². The molecule has 107 heavy (non-hydrogen) atoms. The van der Waals surface area contributed by atoms with Crippen LogP contribution in [-0.2, 0) is 65.4 Å². The molecule has 0 saturated carbocycles. The Kier molecular flexibility index (Phi) is 75.3. The number of unbranched alkanes of at least 4 members (excludes halogenated alkanes) is 49. The van der Waals surface area contributed by atoms with E-state index < -0.39 is 97.5 Å². The maximum Gasteiger partial charge on any atom is 0.472 e. The number of aliphatic hydroxyl groups is 1. The number of hydrogen-bond donors (Lipinski definition) is 3. The predicted octanol–water partition coefficient (Wildman–Crippen LogP) is 26.7. The Morgan fingerprint density at radius 2 is 0.449 bits per heavy atom. The average Bonchev–Trinajstić information content (AvgIpc) is 0.901. The highest BCUT2D eigenvalue weighted by Gasteiger charge is 2.31. The Balaban J connectivity index is 5.22. The molecule has 0 spiro atoms. The minimum absolute atomic E-state index is 0.107. The van der Waals surface area contributed by atoms with Crippen molar-refractivity contribution in [1.29, 1.82) is 0 Å². The fourth-order valence-corrected chi connectivity index (χ4v) is 15.2. The molecule has 0 aliphatic carbocycles. The third-order valence-corrected chi connectivity index (χ3v) is 23.2. The van der Waals surface area contributed by atoms with Crippen LogP contribution >= 0.6 is 15.6 Å². The van der Waals surface area contributed by atoms with Gasteiger partial charge in [0.15, 0.2) is 12.2 Å². The second-order valence-corrected chi connectivity index (χ2v) is 36.0. The number of phosphoric ester groups is 2. The normalized spacial score (nSPS) is 14.4. The van der Waals surface area contributed by atoms with E-state index in [0.717, 1.165) is 120 Å². The fraction of sp³-hybridized carbons (Fsp3) is 0.955. The molecule has 0 fully saturated rings. The predicted molar refractivity (Wildman–Crippen MR) is 441 cm³/mol. The number of carbonyl (C=O) groups excluding carboxylic acids is 4. The molecule has 17 nitrogen and oxygen atoms in total. The summed E-state index contributed by atoms with van der Waals surface area (Å²) < 4.78 is 68.9. The topological polar surface area (TPSA) is 237 Å². The largest absolute Gasteiger partial charge is 0.472 e. The molecule has 3 N–H and O–H groups in total. The first-order chi connectivity index (χ1) is 51.7. The number of esters is 4. The van der Waals surface area contributed by atoms with Gasteiger partial charge in [0.2, 0.25) is 0 Å². The van der Waals surface area contributed by atoms with Gasteiger partial charge in [-0.3, -0.25) is 37.3 Å². The van der Waals surface area contributed by atoms with E-state index in [0.29, 0.717) is 25.7 Å². The molecule has 0 aliphatic heterocycles. The van der Waals surface area contributed by atoms with Gasteiger partial charge in [-0.25, -0.2) is 9.13 Å². The maximum atomic E-state index is 13.2. The summed E-state index contributed by atoms with van der Waals surface area (Å²) in [6, 6.07) is 0. The molecule has 0 rings (SSSR count). The summed E-state index contributed by atoms with van der Waals surface area (Å²) in [5, 5.41) is 10.7. The Bertz CT molecular complexity index is 2080. The van der Waals surface area contributed by atoms with Crippen LogP contribution in [0.5, 0.6) is 0 Å². The summed E-state index contributed by atoms with van der Waals surface area (Å²) >= 11 is 0. The van der Waals surface area contributed by atoms with Crippen molar-refractivity contribution >= 4 is 39.5 Å². The minimum Gasteiger partial charge on any atom is -0.462 e. The van der Waals surface area contributed by atoms with E-state index in [1.165, 1.54) is 257 Å². The molecule has 0 aromatic heterocycles. The summed E-state index contributed by atoms with van der Waals surface area (Å²) in [5.74, 6) is 1.10. The van der Waals surface area contributed by atoms with Crippen LogP contribution in [0.1, 0.15) is 460 Å². The Hall–Kier alpha value is -1.94. The van der Waals surface area contributed by atoms with Gasteiger partial charge in [0, 0.05) is 25.7 Å². The van der Waals surface area contributed by atoms with Crippen molar-refractivity contribution in [2.24, 2.45) is 23.7 Å². The zero-order valence-corrected chi connectivity index (χ0v) is 72.6. The zero-order chi connectivity index (χ0) is 78.8. The van der Waals surface area contributed by atoms with Crippen molar-refractivity contribution in [2.45, 2.75) is 478 Å². The van der Waals surface area contributed by atoms with E-state index in [4.69, 9.17) is 37.0 Å². The molecule has 0 aromatic rings. The van der Waals surface area contributed by atoms with Crippen molar-refractivity contribution in [2.75, 3.05) is 39.6 Å². The minimum atomic E-state index is -4.97. The first-order valence-corrected chi connectivity index (χ1v) is 48.3. The van der Waals surface area contributed by atoms with E-state index in [1.807, 2.05) is 0 Å². The van der Waals surface area contributed by atoms with Gasteiger partial charge in [-0.15, -0.1) is 0 Å². The van der Waals surface area contributed by atoms with E-state index in [1.54, 1.807) is 0 Å². The summed E-state index contributed by atoms with van der Waals surface area (Å²) in [6.45, 7) is 14.4. The second-order valence-electron chi connectivity index (χ2n) is 33.1. The van der Waals surface area contributed by atoms with Gasteiger partial charge in [0.1, 0.15) is 19.3 Å². The molecule has 0 saturated heterocycles. The lowest BCUT2D eigenvalue weighted by molar-refractivity contribution is -0.161. The molecule has 0 aliphatic rings. The molecule has 0 radical (unpaired) electrons. The van der Waals surface area contributed by atoms with Crippen LogP contribution in [0.3, 0.4) is 0 Å². The monoisotopic (exact) mass is 1560 g/mol. The number of rotatable bonds is 85. The summed E-state index contributed by atoms with van der Waals surface area (Å²) in [5.41, 5.74) is 0. The number of ether oxygens (including phenoxy) is 4. The van der Waals surface area contributed by atoms with Gasteiger partial charge in [-0.1, -0.05) is 409 Å². The van der Waals surface area contributed by atoms with Crippen molar-refractivity contribution in [3.05, 3.63) is 0 Å². The van der Waals surface area contributed by atoms with Crippen molar-refractivity contribution in [3.63, 3.8) is 0 Å². The SMILES string of the molecule is CCC(C)CCCCCCCCCCCCCCCCCCCCC(=O)O[C@H](COC(=O)CCCCCCCCCCCCCCCC(C)C)COP(=O)(O)OC[C@@H](O)COP(=O)(O)OC[C@@H](COC(=O)CCCCCCCCC(C)CC)OC(=O)CCCCCCCCCCCCCCCCCCC(C)C. The van der Waals surface area contributed by atoms with Crippen molar-refractivity contribution < 1.29 is 80.2 Å². The Morgan fingerprint density at radius 3 is 0.664 bits per heavy atom. The lowest BCUT2D eigenvalue weighted by atomic mass is 9.99. The second kappa shape index (κ2) is 76.7. The third kappa shape index (κ3) is 79.1. The van der Waals surface area contributed by atoms with Crippen LogP contribution in [0.4, 0.5) is 0 Å². The number of phosphoric acid groups is 2.